The van der Waals surface area contributed by atoms with Gasteiger partial charge in [-0.3, -0.25) is 4.79 Å². The molecule has 0 radical (unpaired) electrons. The third kappa shape index (κ3) is 2.44. The van der Waals surface area contributed by atoms with Gasteiger partial charge in [0, 0.05) is 13.0 Å². The number of likely N-dealkylation sites (N-methyl/N-ethyl adjacent to an activating group) is 1. The van der Waals surface area contributed by atoms with Gasteiger partial charge in [0.15, 0.2) is 5.76 Å². The lowest BCUT2D eigenvalue weighted by Crippen LogP contribution is -3.09. The second-order valence-electron chi connectivity index (χ2n) is 4.51. The fraction of sp³-hybridized carbons (Fsp3) is 0.583. The summed E-state index contributed by atoms with van der Waals surface area (Å²) in [6.45, 7) is 5.68. The fourth-order valence-electron chi connectivity index (χ4n) is 2.04. The zero-order chi connectivity index (χ0) is 11.5. The Morgan fingerprint density at radius 3 is 2.88 bits per heavy atom. The Labute approximate surface area is 95.8 Å². The molecule has 4 heteroatoms. The van der Waals surface area contributed by atoms with E-state index in [-0.39, 0.29) is 5.91 Å². The molecule has 1 unspecified atom stereocenters. The Morgan fingerprint density at radius 1 is 1.38 bits per heavy atom. The van der Waals surface area contributed by atoms with Crippen molar-refractivity contribution in [2.75, 3.05) is 33.2 Å². The van der Waals surface area contributed by atoms with Crippen LogP contribution in [0.4, 0.5) is 0 Å². The van der Waals surface area contributed by atoms with Crippen LogP contribution < -0.4 is 4.90 Å². The molecular weight excluding hydrogens is 204 g/mol. The Balaban J connectivity index is 2.04. The molecule has 0 aromatic carbocycles. The second kappa shape index (κ2) is 4.70. The van der Waals surface area contributed by atoms with E-state index in [1.54, 1.807) is 6.07 Å². The van der Waals surface area contributed by atoms with Crippen molar-refractivity contribution in [1.82, 2.24) is 4.90 Å². The van der Waals surface area contributed by atoms with Gasteiger partial charge in [0.05, 0.1) is 26.7 Å². The summed E-state index contributed by atoms with van der Waals surface area (Å²) >= 11 is 0. The highest BCUT2D eigenvalue weighted by molar-refractivity contribution is 5.91. The molecule has 0 spiro atoms. The van der Waals surface area contributed by atoms with Crippen molar-refractivity contribution in [3.8, 4) is 0 Å². The molecule has 0 bridgehead atoms. The third-order valence-corrected chi connectivity index (χ3v) is 3.08. The van der Waals surface area contributed by atoms with Crippen LogP contribution >= 0.6 is 0 Å². The molecule has 1 aliphatic rings. The second-order valence-corrected chi connectivity index (χ2v) is 4.51. The Bertz CT molecular complexity index is 373. The average molecular weight is 223 g/mol. The number of quaternary nitrogens is 1. The molecule has 16 heavy (non-hydrogen) atoms. The largest absolute Gasteiger partial charge is 0.456 e. The Hall–Kier alpha value is -1.29. The molecule has 1 fully saturated rings. The molecule has 4 nitrogen and oxygen atoms in total. The van der Waals surface area contributed by atoms with Crippen molar-refractivity contribution in [3.63, 3.8) is 0 Å². The SMILES string of the molecule is Cc1ccc(C(=O)N2CCC[NH+](C)CC2)o1. The fourth-order valence-corrected chi connectivity index (χ4v) is 2.04. The quantitative estimate of drug-likeness (QED) is 0.725. The highest BCUT2D eigenvalue weighted by atomic mass is 16.3. The third-order valence-electron chi connectivity index (χ3n) is 3.08. The molecule has 0 saturated carbocycles. The van der Waals surface area contributed by atoms with Crippen molar-refractivity contribution in [1.29, 1.82) is 0 Å². The number of hydrogen-bond donors (Lipinski definition) is 1. The minimum atomic E-state index is 0.0304. The molecule has 1 saturated heterocycles. The number of rotatable bonds is 1. The minimum Gasteiger partial charge on any atom is -0.456 e. The minimum absolute atomic E-state index is 0.0304. The van der Waals surface area contributed by atoms with Crippen molar-refractivity contribution < 1.29 is 14.1 Å². The van der Waals surface area contributed by atoms with Gasteiger partial charge in [0.1, 0.15) is 5.76 Å². The van der Waals surface area contributed by atoms with Crippen LogP contribution in [0, 0.1) is 6.92 Å². The number of amides is 1. The zero-order valence-corrected chi connectivity index (χ0v) is 9.95. The van der Waals surface area contributed by atoms with Crippen molar-refractivity contribution in [3.05, 3.63) is 23.7 Å². The first kappa shape index (κ1) is 11.2. The van der Waals surface area contributed by atoms with Crippen LogP contribution in [0.25, 0.3) is 0 Å². The highest BCUT2D eigenvalue weighted by Gasteiger charge is 2.22. The Kier molecular flexibility index (Phi) is 3.29. The van der Waals surface area contributed by atoms with E-state index in [2.05, 4.69) is 7.05 Å². The van der Waals surface area contributed by atoms with E-state index in [1.165, 1.54) is 4.90 Å². The van der Waals surface area contributed by atoms with Crippen LogP contribution in [-0.4, -0.2) is 44.0 Å². The number of nitrogens with one attached hydrogen (secondary N) is 1. The van der Waals surface area contributed by atoms with Crippen LogP contribution in [0.1, 0.15) is 22.7 Å². The van der Waals surface area contributed by atoms with Gasteiger partial charge < -0.3 is 14.2 Å². The van der Waals surface area contributed by atoms with Crippen LogP contribution in [0.5, 0.6) is 0 Å². The van der Waals surface area contributed by atoms with E-state index in [1.807, 2.05) is 17.9 Å². The molecule has 1 amide bonds. The summed E-state index contributed by atoms with van der Waals surface area (Å²) in [5, 5.41) is 0. The Morgan fingerprint density at radius 2 is 2.19 bits per heavy atom. The molecule has 1 aromatic heterocycles. The summed E-state index contributed by atoms with van der Waals surface area (Å²) in [4.78, 5) is 15.5. The van der Waals surface area contributed by atoms with Gasteiger partial charge in [-0.05, 0) is 19.1 Å². The zero-order valence-electron chi connectivity index (χ0n) is 9.95. The average Bonchev–Trinajstić information content (AvgIpc) is 2.57. The summed E-state index contributed by atoms with van der Waals surface area (Å²) in [7, 11) is 2.17. The van der Waals surface area contributed by atoms with Crippen molar-refractivity contribution in [2.24, 2.45) is 0 Å². The van der Waals surface area contributed by atoms with Crippen molar-refractivity contribution >= 4 is 5.91 Å². The summed E-state index contributed by atoms with van der Waals surface area (Å²) in [5.74, 6) is 1.29. The van der Waals surface area contributed by atoms with Gasteiger partial charge in [-0.1, -0.05) is 0 Å². The van der Waals surface area contributed by atoms with Crippen LogP contribution in [-0.2, 0) is 0 Å². The number of carbonyl (C=O) groups excluding carboxylic acids is 1. The lowest BCUT2D eigenvalue weighted by Gasteiger charge is -2.17. The van der Waals surface area contributed by atoms with Gasteiger partial charge in [-0.15, -0.1) is 0 Å². The van der Waals surface area contributed by atoms with E-state index in [0.717, 1.165) is 38.4 Å². The van der Waals surface area contributed by atoms with Crippen molar-refractivity contribution in [2.45, 2.75) is 13.3 Å². The highest BCUT2D eigenvalue weighted by Crippen LogP contribution is 2.10. The van der Waals surface area contributed by atoms with Crippen LogP contribution in [0.3, 0.4) is 0 Å². The van der Waals surface area contributed by atoms with Crippen LogP contribution in [0.15, 0.2) is 16.5 Å². The smallest absolute Gasteiger partial charge is 0.289 e. The topological polar surface area (TPSA) is 37.9 Å². The van der Waals surface area contributed by atoms with Gasteiger partial charge >= 0.3 is 0 Å². The normalized spacial score (nSPS) is 21.9. The molecule has 0 aliphatic carbocycles. The van der Waals surface area contributed by atoms with Gasteiger partial charge in [0.25, 0.3) is 5.91 Å². The summed E-state index contributed by atoms with van der Waals surface area (Å²) in [6, 6.07) is 3.60. The van der Waals surface area contributed by atoms with E-state index in [4.69, 9.17) is 4.42 Å². The van der Waals surface area contributed by atoms with E-state index < -0.39 is 0 Å². The molecule has 1 aromatic rings. The number of carbonyl (C=O) groups is 1. The maximum absolute atomic E-state index is 12.1. The van der Waals surface area contributed by atoms with Crippen LogP contribution in [0.2, 0.25) is 0 Å². The first-order chi connectivity index (χ1) is 7.66. The number of aryl methyl sites for hydroxylation is 1. The van der Waals surface area contributed by atoms with Gasteiger partial charge in [0.2, 0.25) is 0 Å². The van der Waals surface area contributed by atoms with E-state index in [0.29, 0.717) is 5.76 Å². The maximum Gasteiger partial charge on any atom is 0.289 e. The molecule has 2 rings (SSSR count). The lowest BCUT2D eigenvalue weighted by molar-refractivity contribution is -0.877. The number of hydrogen-bond acceptors (Lipinski definition) is 2. The first-order valence-corrected chi connectivity index (χ1v) is 5.84. The lowest BCUT2D eigenvalue weighted by atomic mass is 10.3. The summed E-state index contributed by atoms with van der Waals surface area (Å²) in [6.07, 6.45) is 1.07. The molecule has 1 N–H and O–H groups in total. The van der Waals surface area contributed by atoms with Gasteiger partial charge in [-0.25, -0.2) is 0 Å². The molecule has 1 aliphatic heterocycles. The molecule has 88 valence electrons. The standard InChI is InChI=1S/C12H18N2O2/c1-10-4-5-11(16-10)12(15)14-7-3-6-13(2)8-9-14/h4-5H,3,6-9H2,1-2H3/p+1. The summed E-state index contributed by atoms with van der Waals surface area (Å²) in [5.41, 5.74) is 0. The predicted octanol–water partition coefficient (Wildman–Crippen LogP) is -0.0514. The number of nitrogens with zero attached hydrogens (tertiary/aromatic N) is 1. The molecule has 1 atom stereocenters. The van der Waals surface area contributed by atoms with E-state index in [9.17, 15) is 4.79 Å². The number of furan rings is 1. The first-order valence-electron chi connectivity index (χ1n) is 5.84. The summed E-state index contributed by atoms with van der Waals surface area (Å²) < 4.78 is 5.37. The maximum atomic E-state index is 12.1. The monoisotopic (exact) mass is 223 g/mol. The molecule has 2 heterocycles. The predicted molar refractivity (Wildman–Crippen MR) is 60.6 cm³/mol. The van der Waals surface area contributed by atoms with E-state index >= 15 is 0 Å². The van der Waals surface area contributed by atoms with Gasteiger partial charge in [-0.2, -0.15) is 0 Å². The molecular formula is C12H19N2O2+.